The van der Waals surface area contributed by atoms with Crippen LogP contribution in [0.1, 0.15) is 52.9 Å². The van der Waals surface area contributed by atoms with Gasteiger partial charge in [0.2, 0.25) is 5.78 Å². The van der Waals surface area contributed by atoms with E-state index in [1.807, 2.05) is 0 Å². The highest BCUT2D eigenvalue weighted by molar-refractivity contribution is 6.34. The summed E-state index contributed by atoms with van der Waals surface area (Å²) in [5.74, 6) is -1.08. The molecule has 0 N–H and O–H groups in total. The van der Waals surface area contributed by atoms with Crippen LogP contribution in [0.25, 0.3) is 0 Å². The number of esters is 1. The van der Waals surface area contributed by atoms with Crippen molar-refractivity contribution in [3.63, 3.8) is 0 Å². The zero-order valence-electron chi connectivity index (χ0n) is 9.84. The van der Waals surface area contributed by atoms with E-state index < -0.39 is 11.6 Å². The maximum atomic E-state index is 11.7. The van der Waals surface area contributed by atoms with Crippen molar-refractivity contribution in [2.24, 2.45) is 5.92 Å². The molecule has 0 atom stereocenters. The lowest BCUT2D eigenvalue weighted by Gasteiger charge is -2.23. The van der Waals surface area contributed by atoms with E-state index in [4.69, 9.17) is 4.74 Å². The Morgan fingerprint density at radius 3 is 2.07 bits per heavy atom. The Labute approximate surface area is 91.2 Å². The van der Waals surface area contributed by atoms with Crippen LogP contribution in [0, 0.1) is 5.92 Å². The van der Waals surface area contributed by atoms with Crippen LogP contribution in [-0.2, 0) is 14.3 Å². The van der Waals surface area contributed by atoms with Crippen molar-refractivity contribution in [3.05, 3.63) is 0 Å². The number of hydrogen-bond donors (Lipinski definition) is 0. The van der Waals surface area contributed by atoms with Crippen LogP contribution < -0.4 is 0 Å². The average Bonchev–Trinajstić information content (AvgIpc) is 2.15. The van der Waals surface area contributed by atoms with Crippen molar-refractivity contribution < 1.29 is 14.3 Å². The molecule has 0 aromatic rings. The SMILES string of the molecule is CC(C)(C)OC(=O)C(=O)C1CCCCC1. The second kappa shape index (κ2) is 4.77. The Morgan fingerprint density at radius 1 is 1.07 bits per heavy atom. The van der Waals surface area contributed by atoms with Gasteiger partial charge >= 0.3 is 5.97 Å². The van der Waals surface area contributed by atoms with Crippen LogP contribution in [0.2, 0.25) is 0 Å². The van der Waals surface area contributed by atoms with E-state index in [1.54, 1.807) is 20.8 Å². The fourth-order valence-electron chi connectivity index (χ4n) is 1.86. The summed E-state index contributed by atoms with van der Waals surface area (Å²) in [6.45, 7) is 5.33. The molecule has 0 saturated heterocycles. The molecule has 1 aliphatic carbocycles. The summed E-state index contributed by atoms with van der Waals surface area (Å²) < 4.78 is 5.06. The predicted molar refractivity (Wildman–Crippen MR) is 57.4 cm³/mol. The molecule has 0 aromatic heterocycles. The van der Waals surface area contributed by atoms with Gasteiger partial charge in [-0.2, -0.15) is 0 Å². The summed E-state index contributed by atoms with van der Waals surface area (Å²) in [7, 11) is 0. The van der Waals surface area contributed by atoms with E-state index >= 15 is 0 Å². The highest BCUT2D eigenvalue weighted by atomic mass is 16.6. The lowest BCUT2D eigenvalue weighted by Crippen LogP contribution is -2.33. The minimum absolute atomic E-state index is 0.0893. The summed E-state index contributed by atoms with van der Waals surface area (Å²) in [6.07, 6.45) is 4.98. The van der Waals surface area contributed by atoms with Crippen molar-refractivity contribution >= 4 is 11.8 Å². The lowest BCUT2D eigenvalue weighted by atomic mass is 9.86. The molecule has 0 spiro atoms. The number of carbonyl (C=O) groups is 2. The van der Waals surface area contributed by atoms with Crippen molar-refractivity contribution in [2.75, 3.05) is 0 Å². The van der Waals surface area contributed by atoms with Crippen molar-refractivity contribution in [3.8, 4) is 0 Å². The highest BCUT2D eigenvalue weighted by Crippen LogP contribution is 2.25. The van der Waals surface area contributed by atoms with E-state index in [2.05, 4.69) is 0 Å². The molecule has 1 fully saturated rings. The third kappa shape index (κ3) is 4.02. The van der Waals surface area contributed by atoms with Crippen LogP contribution in [0.5, 0.6) is 0 Å². The molecule has 0 radical (unpaired) electrons. The Hall–Kier alpha value is -0.860. The van der Waals surface area contributed by atoms with E-state index in [9.17, 15) is 9.59 Å². The van der Waals surface area contributed by atoms with Gasteiger partial charge < -0.3 is 4.74 Å². The normalized spacial score (nSPS) is 18.6. The highest BCUT2D eigenvalue weighted by Gasteiger charge is 2.30. The van der Waals surface area contributed by atoms with Gasteiger partial charge in [0.05, 0.1) is 0 Å². The first kappa shape index (κ1) is 12.2. The zero-order valence-corrected chi connectivity index (χ0v) is 9.84. The van der Waals surface area contributed by atoms with Crippen molar-refractivity contribution in [1.82, 2.24) is 0 Å². The minimum Gasteiger partial charge on any atom is -0.454 e. The van der Waals surface area contributed by atoms with Gasteiger partial charge in [-0.3, -0.25) is 4.79 Å². The van der Waals surface area contributed by atoms with E-state index in [0.29, 0.717) is 0 Å². The summed E-state index contributed by atoms with van der Waals surface area (Å²) in [5, 5.41) is 0. The number of ether oxygens (including phenoxy) is 1. The topological polar surface area (TPSA) is 43.4 Å². The van der Waals surface area contributed by atoms with Gasteiger partial charge in [-0.05, 0) is 33.6 Å². The molecular formula is C12H20O3. The average molecular weight is 212 g/mol. The van der Waals surface area contributed by atoms with Gasteiger partial charge in [-0.15, -0.1) is 0 Å². The summed E-state index contributed by atoms with van der Waals surface area (Å²) in [4.78, 5) is 23.2. The maximum absolute atomic E-state index is 11.7. The van der Waals surface area contributed by atoms with Crippen molar-refractivity contribution in [2.45, 2.75) is 58.5 Å². The molecule has 86 valence electrons. The van der Waals surface area contributed by atoms with Gasteiger partial charge in [-0.1, -0.05) is 19.3 Å². The van der Waals surface area contributed by atoms with Crippen LogP contribution in [0.3, 0.4) is 0 Å². The third-order valence-corrected chi connectivity index (χ3v) is 2.58. The van der Waals surface area contributed by atoms with Crippen LogP contribution in [0.4, 0.5) is 0 Å². The molecule has 15 heavy (non-hydrogen) atoms. The standard InChI is InChI=1S/C12H20O3/c1-12(2,3)15-11(14)10(13)9-7-5-4-6-8-9/h9H,4-8H2,1-3H3. The summed E-state index contributed by atoms with van der Waals surface area (Å²) >= 11 is 0. The second-order valence-corrected chi connectivity index (χ2v) is 5.20. The summed E-state index contributed by atoms with van der Waals surface area (Å²) in [5.41, 5.74) is -0.568. The Kier molecular flexibility index (Phi) is 3.89. The molecular weight excluding hydrogens is 192 g/mol. The fourth-order valence-corrected chi connectivity index (χ4v) is 1.86. The first-order valence-electron chi connectivity index (χ1n) is 5.67. The second-order valence-electron chi connectivity index (χ2n) is 5.20. The maximum Gasteiger partial charge on any atom is 0.375 e. The fraction of sp³-hybridized carbons (Fsp3) is 0.833. The van der Waals surface area contributed by atoms with Crippen LogP contribution in [-0.4, -0.2) is 17.4 Å². The molecule has 0 amide bonds. The smallest absolute Gasteiger partial charge is 0.375 e. The number of carbonyl (C=O) groups excluding carboxylic acids is 2. The van der Waals surface area contributed by atoms with Gasteiger partial charge in [-0.25, -0.2) is 4.79 Å². The largest absolute Gasteiger partial charge is 0.454 e. The number of ketones is 1. The molecule has 0 heterocycles. The van der Waals surface area contributed by atoms with Crippen molar-refractivity contribution in [1.29, 1.82) is 0 Å². The molecule has 3 heteroatoms. The number of Topliss-reactive ketones (excluding diaryl/α,β-unsaturated/α-hetero) is 1. The molecule has 1 aliphatic rings. The lowest BCUT2D eigenvalue weighted by molar-refractivity contribution is -0.164. The Bertz CT molecular complexity index is 244. The number of hydrogen-bond acceptors (Lipinski definition) is 3. The van der Waals surface area contributed by atoms with Gasteiger partial charge in [0.25, 0.3) is 0 Å². The molecule has 3 nitrogen and oxygen atoms in total. The van der Waals surface area contributed by atoms with Gasteiger partial charge in [0.15, 0.2) is 0 Å². The van der Waals surface area contributed by atoms with Gasteiger partial charge in [0, 0.05) is 5.92 Å². The monoisotopic (exact) mass is 212 g/mol. The van der Waals surface area contributed by atoms with Crippen LogP contribution in [0.15, 0.2) is 0 Å². The minimum atomic E-state index is -0.658. The quantitative estimate of drug-likeness (QED) is 0.521. The van der Waals surface area contributed by atoms with Crippen LogP contribution >= 0.6 is 0 Å². The first-order valence-corrected chi connectivity index (χ1v) is 5.67. The van der Waals surface area contributed by atoms with E-state index in [1.165, 1.54) is 6.42 Å². The first-order chi connectivity index (χ1) is 6.90. The predicted octanol–water partition coefficient (Wildman–Crippen LogP) is 2.48. The molecule has 0 bridgehead atoms. The zero-order chi connectivity index (χ0) is 11.5. The molecule has 0 aromatic carbocycles. The Balaban J connectivity index is 2.48. The van der Waals surface area contributed by atoms with E-state index in [-0.39, 0.29) is 11.7 Å². The molecule has 1 rings (SSSR count). The Morgan fingerprint density at radius 2 is 1.60 bits per heavy atom. The number of rotatable bonds is 2. The molecule has 1 saturated carbocycles. The van der Waals surface area contributed by atoms with Gasteiger partial charge in [0.1, 0.15) is 5.60 Å². The van der Waals surface area contributed by atoms with E-state index in [0.717, 1.165) is 25.7 Å². The third-order valence-electron chi connectivity index (χ3n) is 2.58. The summed E-state index contributed by atoms with van der Waals surface area (Å²) in [6, 6.07) is 0. The molecule has 0 aliphatic heterocycles. The molecule has 0 unspecified atom stereocenters.